The van der Waals surface area contributed by atoms with Crippen molar-refractivity contribution < 1.29 is 9.59 Å². The van der Waals surface area contributed by atoms with Gasteiger partial charge in [-0.2, -0.15) is 0 Å². The largest absolute Gasteiger partial charge is 0.342 e. The van der Waals surface area contributed by atoms with Crippen LogP contribution in [0.4, 0.5) is 5.13 Å². The van der Waals surface area contributed by atoms with Gasteiger partial charge in [-0.05, 0) is 32.6 Å². The van der Waals surface area contributed by atoms with Crippen LogP contribution in [0, 0.1) is 12.8 Å². The van der Waals surface area contributed by atoms with Crippen LogP contribution in [-0.4, -0.2) is 51.3 Å². The summed E-state index contributed by atoms with van der Waals surface area (Å²) in [6.45, 7) is 3.52. The second-order valence-corrected chi connectivity index (χ2v) is 9.18. The van der Waals surface area contributed by atoms with Gasteiger partial charge in [-0.15, -0.1) is 11.3 Å². The molecule has 1 aliphatic carbocycles. The van der Waals surface area contributed by atoms with Gasteiger partial charge in [-0.25, -0.2) is 9.97 Å². The van der Waals surface area contributed by atoms with Gasteiger partial charge in [0.15, 0.2) is 5.13 Å². The first-order chi connectivity index (χ1) is 14.0. The monoisotopic (exact) mass is 413 g/mol. The van der Waals surface area contributed by atoms with E-state index in [4.69, 9.17) is 0 Å². The molecule has 4 heterocycles. The maximum absolute atomic E-state index is 13.1. The third-order valence-corrected chi connectivity index (χ3v) is 7.44. The number of anilines is 1. The molecule has 2 aromatic heterocycles. The number of thiazole rings is 1. The predicted molar refractivity (Wildman–Crippen MR) is 108 cm³/mol. The number of fused-ring (bicyclic) bond motifs is 2. The minimum Gasteiger partial charge on any atom is -0.342 e. The molecular weight excluding hydrogens is 390 g/mol. The van der Waals surface area contributed by atoms with Crippen LogP contribution in [0.5, 0.6) is 0 Å². The number of carbonyl (C=O) groups is 2. The number of nitrogens with one attached hydrogen (secondary N) is 1. The number of rotatable bonds is 2. The number of aromatic amines is 1. The fourth-order valence-electron chi connectivity index (χ4n) is 5.07. The number of hydrogen-bond acceptors (Lipinski definition) is 6. The summed E-state index contributed by atoms with van der Waals surface area (Å²) in [5.41, 5.74) is 1.64. The summed E-state index contributed by atoms with van der Waals surface area (Å²) >= 11 is 1.42. The second kappa shape index (κ2) is 6.76. The van der Waals surface area contributed by atoms with Crippen molar-refractivity contribution in [2.45, 2.75) is 44.4 Å². The molecule has 0 saturated carbocycles. The summed E-state index contributed by atoms with van der Waals surface area (Å²) in [4.78, 5) is 52.9. The van der Waals surface area contributed by atoms with Crippen LogP contribution in [0.2, 0.25) is 0 Å². The third kappa shape index (κ3) is 2.99. The normalized spacial score (nSPS) is 23.1. The summed E-state index contributed by atoms with van der Waals surface area (Å²) in [5.74, 6) is 0.371. The zero-order valence-corrected chi connectivity index (χ0v) is 17.1. The summed E-state index contributed by atoms with van der Waals surface area (Å²) in [6, 6.07) is 0. The summed E-state index contributed by atoms with van der Waals surface area (Å²) in [5, 5.41) is 2.50. The van der Waals surface area contributed by atoms with E-state index in [0.29, 0.717) is 30.6 Å². The third-order valence-electron chi connectivity index (χ3n) is 6.65. The number of likely N-dealkylation sites (tertiary alicyclic amines) is 1. The minimum absolute atomic E-state index is 0.0189. The molecule has 2 saturated heterocycles. The Morgan fingerprint density at radius 3 is 2.79 bits per heavy atom. The van der Waals surface area contributed by atoms with E-state index in [0.717, 1.165) is 36.9 Å². The smallest absolute Gasteiger partial charge is 0.254 e. The van der Waals surface area contributed by atoms with Crippen molar-refractivity contribution in [1.29, 1.82) is 0 Å². The quantitative estimate of drug-likeness (QED) is 0.802. The van der Waals surface area contributed by atoms with Crippen molar-refractivity contribution in [3.8, 4) is 0 Å². The Kier molecular flexibility index (Phi) is 4.31. The van der Waals surface area contributed by atoms with Crippen LogP contribution < -0.4 is 10.5 Å². The Morgan fingerprint density at radius 2 is 2.07 bits per heavy atom. The Bertz CT molecular complexity index is 1020. The van der Waals surface area contributed by atoms with Crippen molar-refractivity contribution in [1.82, 2.24) is 19.9 Å². The van der Waals surface area contributed by atoms with E-state index in [9.17, 15) is 14.4 Å². The average molecular weight is 414 g/mol. The number of aryl methyl sites for hydroxylation is 1. The average Bonchev–Trinajstić information content (AvgIpc) is 3.42. The number of H-pyrrole nitrogens is 1. The molecule has 2 amide bonds. The highest BCUT2D eigenvalue weighted by Crippen LogP contribution is 2.44. The molecule has 0 bridgehead atoms. The van der Waals surface area contributed by atoms with E-state index in [1.54, 1.807) is 11.1 Å². The van der Waals surface area contributed by atoms with E-state index >= 15 is 0 Å². The molecule has 9 heteroatoms. The molecule has 1 N–H and O–H groups in total. The number of amides is 2. The summed E-state index contributed by atoms with van der Waals surface area (Å²) in [7, 11) is 0. The van der Waals surface area contributed by atoms with Gasteiger partial charge in [0, 0.05) is 48.6 Å². The highest BCUT2D eigenvalue weighted by Gasteiger charge is 2.46. The molecule has 2 aliphatic heterocycles. The van der Waals surface area contributed by atoms with Gasteiger partial charge in [0.05, 0.1) is 11.6 Å². The standard InChI is InChI=1S/C20H23N5O3S/c1-12-22-16-14(17(27)23-12)2-3-20(16)4-7-24(8-5-20)18(28)13-10-15(26)25(11-13)19-21-6-9-29-19/h6,9,13H,2-5,7-8,10-11H2,1H3,(H,22,23,27). The zero-order chi connectivity index (χ0) is 20.2. The molecule has 1 atom stereocenters. The molecule has 8 nitrogen and oxygen atoms in total. The van der Waals surface area contributed by atoms with Crippen molar-refractivity contribution in [3.63, 3.8) is 0 Å². The van der Waals surface area contributed by atoms with E-state index in [1.165, 1.54) is 11.3 Å². The Morgan fingerprint density at radius 1 is 1.28 bits per heavy atom. The Hall–Kier alpha value is -2.55. The fourth-order valence-corrected chi connectivity index (χ4v) is 5.74. The molecule has 152 valence electrons. The Labute approximate surface area is 172 Å². The van der Waals surface area contributed by atoms with Crippen LogP contribution in [0.1, 0.15) is 42.8 Å². The van der Waals surface area contributed by atoms with Gasteiger partial charge in [0.2, 0.25) is 11.8 Å². The second-order valence-electron chi connectivity index (χ2n) is 8.30. The van der Waals surface area contributed by atoms with Gasteiger partial charge in [-0.3, -0.25) is 19.3 Å². The number of aromatic nitrogens is 3. The molecule has 1 unspecified atom stereocenters. The molecule has 0 radical (unpaired) electrons. The molecule has 0 aromatic carbocycles. The first kappa shape index (κ1) is 18.5. The lowest BCUT2D eigenvalue weighted by molar-refractivity contribution is -0.137. The van der Waals surface area contributed by atoms with Gasteiger partial charge >= 0.3 is 0 Å². The van der Waals surface area contributed by atoms with Gasteiger partial charge in [-0.1, -0.05) is 0 Å². The van der Waals surface area contributed by atoms with Crippen molar-refractivity contribution in [2.24, 2.45) is 5.92 Å². The van der Waals surface area contributed by atoms with Crippen molar-refractivity contribution in [2.75, 3.05) is 24.5 Å². The van der Waals surface area contributed by atoms with E-state index < -0.39 is 0 Å². The number of piperidine rings is 1. The molecule has 2 aromatic rings. The number of nitrogens with zero attached hydrogens (tertiary/aromatic N) is 4. The van der Waals surface area contributed by atoms with Gasteiger partial charge < -0.3 is 9.88 Å². The SMILES string of the molecule is Cc1nc2c(c(=O)[nH]1)CCC21CCN(C(=O)C2CC(=O)N(c3nccs3)C2)CC1. The molecule has 1 spiro atoms. The topological polar surface area (TPSA) is 99.3 Å². The molecular formula is C20H23N5O3S. The van der Waals surface area contributed by atoms with Gasteiger partial charge in [0.1, 0.15) is 5.82 Å². The van der Waals surface area contributed by atoms with Crippen molar-refractivity contribution >= 4 is 28.3 Å². The van der Waals surface area contributed by atoms with E-state index in [2.05, 4.69) is 15.0 Å². The van der Waals surface area contributed by atoms with E-state index in [-0.39, 0.29) is 35.1 Å². The van der Waals surface area contributed by atoms with E-state index in [1.807, 2.05) is 17.2 Å². The predicted octanol–water partition coefficient (Wildman–Crippen LogP) is 1.39. The highest BCUT2D eigenvalue weighted by molar-refractivity contribution is 7.13. The first-order valence-electron chi connectivity index (χ1n) is 10.1. The molecule has 3 aliphatic rings. The van der Waals surface area contributed by atoms with Crippen LogP contribution >= 0.6 is 11.3 Å². The van der Waals surface area contributed by atoms with Gasteiger partial charge in [0.25, 0.3) is 5.56 Å². The number of carbonyl (C=O) groups excluding carboxylic acids is 2. The van der Waals surface area contributed by atoms with Crippen LogP contribution in [0.15, 0.2) is 16.4 Å². The van der Waals surface area contributed by atoms with Crippen molar-refractivity contribution in [3.05, 3.63) is 39.0 Å². The summed E-state index contributed by atoms with van der Waals surface area (Å²) in [6.07, 6.45) is 5.23. The lowest BCUT2D eigenvalue weighted by Gasteiger charge is -2.40. The van der Waals surface area contributed by atoms with Crippen LogP contribution in [0.3, 0.4) is 0 Å². The maximum Gasteiger partial charge on any atom is 0.254 e. The molecule has 29 heavy (non-hydrogen) atoms. The lowest BCUT2D eigenvalue weighted by atomic mass is 9.76. The number of hydrogen-bond donors (Lipinski definition) is 1. The minimum atomic E-state index is -0.306. The maximum atomic E-state index is 13.1. The Balaban J connectivity index is 1.28. The zero-order valence-electron chi connectivity index (χ0n) is 16.3. The van der Waals surface area contributed by atoms with Crippen LogP contribution in [0.25, 0.3) is 0 Å². The summed E-state index contributed by atoms with van der Waals surface area (Å²) < 4.78 is 0. The van der Waals surface area contributed by atoms with Crippen LogP contribution in [-0.2, 0) is 21.4 Å². The molecule has 2 fully saturated rings. The first-order valence-corrected chi connectivity index (χ1v) is 10.9. The highest BCUT2D eigenvalue weighted by atomic mass is 32.1. The molecule has 5 rings (SSSR count). The fraction of sp³-hybridized carbons (Fsp3) is 0.550. The lowest BCUT2D eigenvalue weighted by Crippen LogP contribution is -2.47.